The fourth-order valence-electron chi connectivity index (χ4n) is 2.81. The Labute approximate surface area is 152 Å². The molecule has 0 saturated carbocycles. The topological polar surface area (TPSA) is 92.8 Å². The van der Waals surface area contributed by atoms with Crippen molar-refractivity contribution < 1.29 is 23.9 Å². The van der Waals surface area contributed by atoms with E-state index >= 15 is 0 Å². The number of ether oxygens (including phenoxy) is 1. The summed E-state index contributed by atoms with van der Waals surface area (Å²) < 4.78 is 4.71. The van der Waals surface area contributed by atoms with Crippen LogP contribution < -0.4 is 5.32 Å². The molecule has 1 N–H and O–H groups in total. The van der Waals surface area contributed by atoms with Gasteiger partial charge in [-0.05, 0) is 30.0 Å². The van der Waals surface area contributed by atoms with Crippen LogP contribution in [0, 0.1) is 11.8 Å². The van der Waals surface area contributed by atoms with E-state index in [0.29, 0.717) is 12.1 Å². The second-order valence-corrected chi connectivity index (χ2v) is 7.09. The maximum atomic E-state index is 12.5. The van der Waals surface area contributed by atoms with Crippen molar-refractivity contribution in [3.63, 3.8) is 0 Å². The van der Waals surface area contributed by atoms with Crippen molar-refractivity contribution in [2.45, 2.75) is 33.7 Å². The molecule has 1 heterocycles. The predicted molar refractivity (Wildman–Crippen MR) is 94.8 cm³/mol. The number of benzene rings is 1. The Morgan fingerprint density at radius 1 is 1.08 bits per heavy atom. The summed E-state index contributed by atoms with van der Waals surface area (Å²) in [6.45, 7) is 7.74. The lowest BCUT2D eigenvalue weighted by Crippen LogP contribution is -2.45. The molecular weight excluding hydrogens is 336 g/mol. The summed E-state index contributed by atoms with van der Waals surface area (Å²) in [4.78, 5) is 50.4. The Morgan fingerprint density at radius 2 is 1.69 bits per heavy atom. The molecule has 1 aliphatic heterocycles. The van der Waals surface area contributed by atoms with Crippen LogP contribution in [0.3, 0.4) is 0 Å². The number of imide groups is 1. The number of esters is 1. The van der Waals surface area contributed by atoms with Gasteiger partial charge < -0.3 is 10.1 Å². The van der Waals surface area contributed by atoms with Crippen molar-refractivity contribution >= 4 is 23.7 Å². The van der Waals surface area contributed by atoms with Gasteiger partial charge in [-0.25, -0.2) is 4.79 Å². The number of hydrogen-bond donors (Lipinski definition) is 1. The average Bonchev–Trinajstić information content (AvgIpc) is 2.82. The van der Waals surface area contributed by atoms with Gasteiger partial charge in [0, 0.05) is 12.1 Å². The minimum Gasteiger partial charge on any atom is -0.467 e. The number of hydrogen-bond acceptors (Lipinski definition) is 5. The highest BCUT2D eigenvalue weighted by molar-refractivity contribution is 6.22. The second-order valence-electron chi connectivity index (χ2n) is 7.09. The minimum atomic E-state index is -0.796. The molecule has 0 aromatic heterocycles. The summed E-state index contributed by atoms with van der Waals surface area (Å²) in [6, 6.07) is 3.57. The largest absolute Gasteiger partial charge is 0.467 e. The molecule has 7 heteroatoms. The van der Waals surface area contributed by atoms with Crippen LogP contribution in [0.5, 0.6) is 0 Å². The molecule has 140 valence electrons. The fraction of sp³-hybridized carbons (Fsp3) is 0.474. The molecule has 1 aliphatic rings. The van der Waals surface area contributed by atoms with Crippen molar-refractivity contribution in [1.29, 1.82) is 0 Å². The van der Waals surface area contributed by atoms with Crippen LogP contribution in [-0.4, -0.2) is 48.3 Å². The summed E-state index contributed by atoms with van der Waals surface area (Å²) in [6.07, 6.45) is 0. The van der Waals surface area contributed by atoms with E-state index in [0.717, 1.165) is 0 Å². The highest BCUT2D eigenvalue weighted by Crippen LogP contribution is 2.25. The van der Waals surface area contributed by atoms with Crippen LogP contribution in [0.15, 0.2) is 18.2 Å². The number of fused-ring (bicyclic) bond motifs is 1. The molecule has 0 spiro atoms. The lowest BCUT2D eigenvalue weighted by Gasteiger charge is -2.19. The Balaban J connectivity index is 2.26. The first kappa shape index (κ1) is 19.6. The number of methoxy groups -OCH3 is 1. The fourth-order valence-corrected chi connectivity index (χ4v) is 2.81. The number of amides is 3. The standard InChI is InChI=1S/C19H24N2O5/c1-10(2)9-21-17(23)13-7-6-12(8-14(13)18(21)24)16(22)20-15(11(3)4)19(25)26-5/h6-8,10-11,15H,9H2,1-5H3,(H,20,22)/t15-/m0/s1. The Kier molecular flexibility index (Phi) is 5.79. The van der Waals surface area contributed by atoms with Gasteiger partial charge in [0.05, 0.1) is 18.2 Å². The van der Waals surface area contributed by atoms with Crippen molar-refractivity contribution in [3.8, 4) is 0 Å². The van der Waals surface area contributed by atoms with Crippen LogP contribution >= 0.6 is 0 Å². The van der Waals surface area contributed by atoms with E-state index in [9.17, 15) is 19.2 Å². The molecule has 3 amide bonds. The summed E-state index contributed by atoms with van der Waals surface area (Å²) in [5.74, 6) is -1.80. The Morgan fingerprint density at radius 3 is 2.23 bits per heavy atom. The molecule has 7 nitrogen and oxygen atoms in total. The van der Waals surface area contributed by atoms with Crippen molar-refractivity contribution in [1.82, 2.24) is 10.2 Å². The average molecular weight is 360 g/mol. The number of nitrogens with one attached hydrogen (secondary N) is 1. The van der Waals surface area contributed by atoms with Crippen LogP contribution in [0.1, 0.15) is 58.8 Å². The highest BCUT2D eigenvalue weighted by Gasteiger charge is 2.36. The monoisotopic (exact) mass is 360 g/mol. The maximum absolute atomic E-state index is 12.5. The van der Waals surface area contributed by atoms with Crippen molar-refractivity contribution in [2.24, 2.45) is 11.8 Å². The molecule has 0 fully saturated rings. The van der Waals surface area contributed by atoms with E-state index in [1.54, 1.807) is 13.8 Å². The van der Waals surface area contributed by atoms with E-state index in [1.807, 2.05) is 13.8 Å². The zero-order valence-corrected chi connectivity index (χ0v) is 15.7. The third kappa shape index (κ3) is 3.76. The van der Waals surface area contributed by atoms with Gasteiger partial charge in [0.2, 0.25) is 0 Å². The Hall–Kier alpha value is -2.70. The summed E-state index contributed by atoms with van der Waals surface area (Å²) in [7, 11) is 1.26. The van der Waals surface area contributed by atoms with E-state index < -0.39 is 23.8 Å². The van der Waals surface area contributed by atoms with Gasteiger partial charge in [0.15, 0.2) is 0 Å². The molecule has 0 aliphatic carbocycles. The van der Waals surface area contributed by atoms with Crippen LogP contribution in [0.25, 0.3) is 0 Å². The van der Waals surface area contributed by atoms with Crippen molar-refractivity contribution in [2.75, 3.05) is 13.7 Å². The summed E-state index contributed by atoms with van der Waals surface area (Å²) in [5, 5.41) is 2.62. The summed E-state index contributed by atoms with van der Waals surface area (Å²) >= 11 is 0. The second kappa shape index (κ2) is 7.68. The number of carbonyl (C=O) groups is 4. The van der Waals surface area contributed by atoms with Crippen LogP contribution in [-0.2, 0) is 9.53 Å². The zero-order valence-electron chi connectivity index (χ0n) is 15.7. The van der Waals surface area contributed by atoms with Crippen LogP contribution in [0.4, 0.5) is 0 Å². The van der Waals surface area contributed by atoms with Gasteiger partial charge in [-0.15, -0.1) is 0 Å². The molecule has 0 radical (unpaired) electrons. The first-order valence-corrected chi connectivity index (χ1v) is 8.56. The molecule has 2 rings (SSSR count). The molecule has 26 heavy (non-hydrogen) atoms. The minimum absolute atomic E-state index is 0.145. The number of carbonyl (C=O) groups excluding carboxylic acids is 4. The number of rotatable bonds is 6. The summed E-state index contributed by atoms with van der Waals surface area (Å²) in [5.41, 5.74) is 0.717. The lowest BCUT2D eigenvalue weighted by atomic mass is 10.0. The molecule has 1 aromatic rings. The number of nitrogens with zero attached hydrogens (tertiary/aromatic N) is 1. The van der Waals surface area contributed by atoms with E-state index in [4.69, 9.17) is 4.74 Å². The SMILES string of the molecule is COC(=O)[C@@H](NC(=O)c1ccc2c(c1)C(=O)N(CC(C)C)C2=O)C(C)C. The Bertz CT molecular complexity index is 754. The first-order valence-electron chi connectivity index (χ1n) is 8.56. The molecule has 1 atom stereocenters. The van der Waals surface area contributed by atoms with Gasteiger partial charge in [0.25, 0.3) is 17.7 Å². The van der Waals surface area contributed by atoms with E-state index in [-0.39, 0.29) is 28.9 Å². The van der Waals surface area contributed by atoms with Crippen molar-refractivity contribution in [3.05, 3.63) is 34.9 Å². The highest BCUT2D eigenvalue weighted by atomic mass is 16.5. The zero-order chi connectivity index (χ0) is 19.6. The van der Waals surface area contributed by atoms with Gasteiger partial charge in [-0.1, -0.05) is 27.7 Å². The van der Waals surface area contributed by atoms with Gasteiger partial charge >= 0.3 is 5.97 Å². The normalized spacial score (nSPS) is 14.7. The van der Waals surface area contributed by atoms with E-state index in [2.05, 4.69) is 5.32 Å². The third-order valence-electron chi connectivity index (χ3n) is 4.19. The third-order valence-corrected chi connectivity index (χ3v) is 4.19. The molecule has 0 bridgehead atoms. The predicted octanol–water partition coefficient (Wildman–Crippen LogP) is 1.87. The molecule has 0 saturated heterocycles. The van der Waals surface area contributed by atoms with Gasteiger partial charge in [-0.2, -0.15) is 0 Å². The smallest absolute Gasteiger partial charge is 0.328 e. The first-order chi connectivity index (χ1) is 12.2. The van der Waals surface area contributed by atoms with Gasteiger partial charge in [0.1, 0.15) is 6.04 Å². The maximum Gasteiger partial charge on any atom is 0.328 e. The lowest BCUT2D eigenvalue weighted by molar-refractivity contribution is -0.144. The molecule has 0 unspecified atom stereocenters. The van der Waals surface area contributed by atoms with Crippen LogP contribution in [0.2, 0.25) is 0 Å². The molecule has 1 aromatic carbocycles. The quantitative estimate of drug-likeness (QED) is 0.617. The van der Waals surface area contributed by atoms with E-state index in [1.165, 1.54) is 30.2 Å². The molecular formula is C19H24N2O5. The van der Waals surface area contributed by atoms with Gasteiger partial charge in [-0.3, -0.25) is 19.3 Å².